The Morgan fingerprint density at radius 2 is 1.79 bits per heavy atom. The van der Waals surface area contributed by atoms with Crippen LogP contribution in [-0.2, 0) is 6.54 Å². The number of hydrogen-bond donors (Lipinski definition) is 0. The second kappa shape index (κ2) is 6.67. The fourth-order valence-electron chi connectivity index (χ4n) is 3.40. The van der Waals surface area contributed by atoms with E-state index in [4.69, 9.17) is 0 Å². The van der Waals surface area contributed by atoms with Gasteiger partial charge in [0, 0.05) is 15.8 Å². The van der Waals surface area contributed by atoms with Crippen LogP contribution in [0, 0.1) is 5.82 Å². The van der Waals surface area contributed by atoms with Crippen molar-refractivity contribution in [1.82, 2.24) is 19.6 Å². The van der Waals surface area contributed by atoms with Gasteiger partial charge in [-0.15, -0.1) is 0 Å². The topological polar surface area (TPSA) is 52.7 Å². The first kappa shape index (κ1) is 17.3. The average Bonchev–Trinajstić information content (AvgIpc) is 3.44. The molecule has 0 radical (unpaired) electrons. The maximum Gasteiger partial charge on any atom is 0.293 e. The molecular formula is C21H16BrFN4O. The van der Waals surface area contributed by atoms with Crippen LogP contribution < -0.4 is 5.56 Å². The Balaban J connectivity index is 1.69. The van der Waals surface area contributed by atoms with E-state index in [-0.39, 0.29) is 11.4 Å². The molecule has 5 rings (SSSR count). The van der Waals surface area contributed by atoms with Crippen LogP contribution in [0.5, 0.6) is 0 Å². The lowest BCUT2D eigenvalue weighted by molar-refractivity contribution is 0.624. The predicted octanol–water partition coefficient (Wildman–Crippen LogP) is 4.41. The molecule has 7 heteroatoms. The fraction of sp³-hybridized carbons (Fsp3) is 0.190. The smallest absolute Gasteiger partial charge is 0.265 e. The molecule has 140 valence electrons. The van der Waals surface area contributed by atoms with Crippen molar-refractivity contribution >= 4 is 26.8 Å². The molecular weight excluding hydrogens is 423 g/mol. The molecule has 0 N–H and O–H groups in total. The van der Waals surface area contributed by atoms with Gasteiger partial charge in [-0.05, 0) is 54.8 Å². The average molecular weight is 439 g/mol. The summed E-state index contributed by atoms with van der Waals surface area (Å²) in [6.45, 7) is 0.385. The van der Waals surface area contributed by atoms with Crippen molar-refractivity contribution in [3.63, 3.8) is 0 Å². The lowest BCUT2D eigenvalue weighted by atomic mass is 10.2. The predicted molar refractivity (Wildman–Crippen MR) is 108 cm³/mol. The van der Waals surface area contributed by atoms with Gasteiger partial charge < -0.3 is 0 Å². The van der Waals surface area contributed by atoms with Crippen molar-refractivity contribution in [2.45, 2.75) is 25.3 Å². The Kier molecular flexibility index (Phi) is 4.12. The highest BCUT2D eigenvalue weighted by Crippen LogP contribution is 2.41. The molecule has 2 heterocycles. The van der Waals surface area contributed by atoms with Gasteiger partial charge in [-0.2, -0.15) is 10.2 Å². The Morgan fingerprint density at radius 3 is 2.46 bits per heavy atom. The van der Waals surface area contributed by atoms with Crippen molar-refractivity contribution in [3.8, 4) is 5.69 Å². The van der Waals surface area contributed by atoms with Crippen LogP contribution >= 0.6 is 15.9 Å². The van der Waals surface area contributed by atoms with E-state index in [9.17, 15) is 9.18 Å². The summed E-state index contributed by atoms with van der Waals surface area (Å²) in [7, 11) is 0. The van der Waals surface area contributed by atoms with Gasteiger partial charge in [-0.1, -0.05) is 28.1 Å². The highest BCUT2D eigenvalue weighted by Gasteiger charge is 2.30. The van der Waals surface area contributed by atoms with E-state index in [1.54, 1.807) is 23.0 Å². The molecule has 0 unspecified atom stereocenters. The first-order chi connectivity index (χ1) is 13.6. The van der Waals surface area contributed by atoms with Gasteiger partial charge in [0.2, 0.25) is 0 Å². The standard InChI is InChI=1S/C21H16BrFN4O/c22-15-5-1-13(2-6-15)12-26-21(28)20-18(19(25-26)14-3-4-14)11-24-27(20)17-9-7-16(23)8-10-17/h1-2,5-11,14H,3-4,12H2. The third-order valence-corrected chi connectivity index (χ3v) is 5.52. The molecule has 0 bridgehead atoms. The molecule has 0 atom stereocenters. The molecule has 0 aliphatic heterocycles. The van der Waals surface area contributed by atoms with E-state index in [0.717, 1.165) is 34.0 Å². The molecule has 2 aromatic heterocycles. The summed E-state index contributed by atoms with van der Waals surface area (Å²) in [6, 6.07) is 13.8. The summed E-state index contributed by atoms with van der Waals surface area (Å²) < 4.78 is 17.4. The van der Waals surface area contributed by atoms with Crippen molar-refractivity contribution < 1.29 is 4.39 Å². The van der Waals surface area contributed by atoms with E-state index >= 15 is 0 Å². The van der Waals surface area contributed by atoms with Gasteiger partial charge in [0.1, 0.15) is 11.3 Å². The molecule has 0 amide bonds. The first-order valence-electron chi connectivity index (χ1n) is 9.09. The Morgan fingerprint density at radius 1 is 1.07 bits per heavy atom. The molecule has 2 aromatic carbocycles. The lowest BCUT2D eigenvalue weighted by Crippen LogP contribution is -2.26. The number of nitrogens with zero attached hydrogens (tertiary/aromatic N) is 4. The summed E-state index contributed by atoms with van der Waals surface area (Å²) in [5, 5.41) is 9.88. The minimum atomic E-state index is -0.326. The Labute approximate surface area is 168 Å². The third-order valence-electron chi connectivity index (χ3n) is 4.99. The molecule has 0 spiro atoms. The van der Waals surface area contributed by atoms with Crippen LogP contribution in [0.4, 0.5) is 4.39 Å². The molecule has 1 saturated carbocycles. The van der Waals surface area contributed by atoms with Crippen LogP contribution in [0.2, 0.25) is 0 Å². The van der Waals surface area contributed by atoms with Crippen LogP contribution in [0.1, 0.15) is 30.0 Å². The second-order valence-corrected chi connectivity index (χ2v) is 7.96. The summed E-state index contributed by atoms with van der Waals surface area (Å²) in [5.74, 6) is 0.0401. The zero-order chi connectivity index (χ0) is 19.3. The lowest BCUT2D eigenvalue weighted by Gasteiger charge is -2.10. The normalized spacial score (nSPS) is 13.9. The third kappa shape index (κ3) is 3.05. The quantitative estimate of drug-likeness (QED) is 0.474. The van der Waals surface area contributed by atoms with E-state index in [1.807, 2.05) is 24.3 Å². The highest BCUT2D eigenvalue weighted by molar-refractivity contribution is 9.10. The molecule has 1 aliphatic rings. The molecule has 1 aliphatic carbocycles. The van der Waals surface area contributed by atoms with Crippen molar-refractivity contribution in [2.24, 2.45) is 0 Å². The second-order valence-electron chi connectivity index (χ2n) is 7.04. The Hall–Kier alpha value is -2.80. The van der Waals surface area contributed by atoms with Gasteiger partial charge in [0.25, 0.3) is 5.56 Å². The minimum Gasteiger partial charge on any atom is -0.265 e. The SMILES string of the molecule is O=c1c2c(cnn2-c2ccc(F)cc2)c(C2CC2)nn1Cc1ccc(Br)cc1. The van der Waals surface area contributed by atoms with Crippen molar-refractivity contribution in [3.05, 3.63) is 86.6 Å². The summed E-state index contributed by atoms with van der Waals surface area (Å²) >= 11 is 3.43. The van der Waals surface area contributed by atoms with Gasteiger partial charge in [-0.25, -0.2) is 13.8 Å². The number of benzene rings is 2. The van der Waals surface area contributed by atoms with Gasteiger partial charge in [0.05, 0.1) is 24.1 Å². The zero-order valence-electron chi connectivity index (χ0n) is 14.8. The van der Waals surface area contributed by atoms with Gasteiger partial charge in [-0.3, -0.25) is 4.79 Å². The van der Waals surface area contributed by atoms with E-state index in [0.29, 0.717) is 23.7 Å². The number of aromatic nitrogens is 4. The molecule has 28 heavy (non-hydrogen) atoms. The van der Waals surface area contributed by atoms with E-state index < -0.39 is 0 Å². The van der Waals surface area contributed by atoms with Gasteiger partial charge >= 0.3 is 0 Å². The molecule has 1 fully saturated rings. The molecule has 0 saturated heterocycles. The van der Waals surface area contributed by atoms with E-state index in [2.05, 4.69) is 26.1 Å². The van der Waals surface area contributed by atoms with Crippen LogP contribution in [0.3, 0.4) is 0 Å². The number of hydrogen-bond acceptors (Lipinski definition) is 3. The number of fused-ring (bicyclic) bond motifs is 1. The van der Waals surface area contributed by atoms with E-state index in [1.165, 1.54) is 16.8 Å². The summed E-state index contributed by atoms with van der Waals surface area (Å²) in [5.41, 5.74) is 2.84. The largest absolute Gasteiger partial charge is 0.293 e. The van der Waals surface area contributed by atoms with Crippen molar-refractivity contribution in [1.29, 1.82) is 0 Å². The van der Waals surface area contributed by atoms with Crippen LogP contribution in [0.15, 0.2) is 64.0 Å². The monoisotopic (exact) mass is 438 g/mol. The number of rotatable bonds is 4. The molecule has 4 aromatic rings. The first-order valence-corrected chi connectivity index (χ1v) is 9.88. The number of halogens is 2. The van der Waals surface area contributed by atoms with Crippen LogP contribution in [-0.4, -0.2) is 19.6 Å². The molecule has 5 nitrogen and oxygen atoms in total. The Bertz CT molecular complexity index is 1220. The summed E-state index contributed by atoms with van der Waals surface area (Å²) in [6.07, 6.45) is 3.84. The zero-order valence-corrected chi connectivity index (χ0v) is 16.4. The van der Waals surface area contributed by atoms with Gasteiger partial charge in [0.15, 0.2) is 0 Å². The van der Waals surface area contributed by atoms with Crippen LogP contribution in [0.25, 0.3) is 16.6 Å². The summed E-state index contributed by atoms with van der Waals surface area (Å²) in [4.78, 5) is 13.3. The fourth-order valence-corrected chi connectivity index (χ4v) is 3.66. The minimum absolute atomic E-state index is 0.204. The maximum absolute atomic E-state index is 13.3. The highest BCUT2D eigenvalue weighted by atomic mass is 79.9. The van der Waals surface area contributed by atoms with Crippen molar-refractivity contribution in [2.75, 3.05) is 0 Å². The maximum atomic E-state index is 13.3.